The predicted octanol–water partition coefficient (Wildman–Crippen LogP) is 6.50. The summed E-state index contributed by atoms with van der Waals surface area (Å²) in [6, 6.07) is 8.66. The van der Waals surface area contributed by atoms with E-state index in [4.69, 9.17) is 16.3 Å². The molecule has 20 heavy (non-hydrogen) atoms. The summed E-state index contributed by atoms with van der Waals surface area (Å²) in [5.41, 5.74) is 1.76. The zero-order chi connectivity index (χ0) is 14.9. The summed E-state index contributed by atoms with van der Waals surface area (Å²) in [4.78, 5) is -0.163. The van der Waals surface area contributed by atoms with Crippen LogP contribution in [0.25, 0.3) is 0 Å². The molecule has 0 N–H and O–H groups in total. The van der Waals surface area contributed by atoms with Crippen LogP contribution in [-0.2, 0) is 0 Å². The van der Waals surface area contributed by atoms with Gasteiger partial charge in [-0.25, -0.2) is 4.39 Å². The Balaban J connectivity index is 2.52. The van der Waals surface area contributed by atoms with Gasteiger partial charge in [-0.15, -0.1) is 0 Å². The van der Waals surface area contributed by atoms with Gasteiger partial charge in [-0.2, -0.15) is 0 Å². The van der Waals surface area contributed by atoms with E-state index < -0.39 is 0 Å². The molecule has 0 aliphatic carbocycles. The molecule has 0 aliphatic rings. The van der Waals surface area contributed by atoms with Crippen molar-refractivity contribution in [3.8, 4) is 5.75 Å². The molecule has 106 valence electrons. The highest BCUT2D eigenvalue weighted by molar-refractivity contribution is 9.11. The Hall–Kier alpha value is -0.100. The number of ether oxygens (including phenoxy) is 1. The van der Waals surface area contributed by atoms with Crippen LogP contribution in [-0.4, -0.2) is 7.11 Å². The van der Waals surface area contributed by atoms with Gasteiger partial charge in [0.15, 0.2) is 0 Å². The van der Waals surface area contributed by atoms with Crippen molar-refractivity contribution >= 4 is 59.4 Å². The van der Waals surface area contributed by atoms with E-state index in [0.717, 1.165) is 15.6 Å². The molecule has 0 bridgehead atoms. The monoisotopic (exact) mass is 484 g/mol. The van der Waals surface area contributed by atoms with E-state index in [9.17, 15) is 4.39 Å². The Labute approximate surface area is 146 Å². The molecule has 0 amide bonds. The van der Waals surface area contributed by atoms with E-state index >= 15 is 0 Å². The Morgan fingerprint density at radius 2 is 1.85 bits per heavy atom. The number of hydrogen-bond donors (Lipinski definition) is 0. The van der Waals surface area contributed by atoms with Crippen molar-refractivity contribution < 1.29 is 9.13 Å². The van der Waals surface area contributed by atoms with E-state index in [1.165, 1.54) is 13.2 Å². The molecular weight excluding hydrogens is 478 g/mol. The average molecular weight is 487 g/mol. The molecule has 0 saturated carbocycles. The number of halogens is 5. The molecule has 2 aromatic rings. The highest BCUT2D eigenvalue weighted by Gasteiger charge is 2.18. The fourth-order valence-electron chi connectivity index (χ4n) is 1.82. The number of benzene rings is 2. The summed E-state index contributed by atoms with van der Waals surface area (Å²) >= 11 is 16.3. The van der Waals surface area contributed by atoms with Gasteiger partial charge in [-0.05, 0) is 45.8 Å². The third-order valence-electron chi connectivity index (χ3n) is 2.72. The summed E-state index contributed by atoms with van der Waals surface area (Å²) < 4.78 is 20.1. The number of rotatable bonds is 3. The minimum atomic E-state index is -0.363. The molecule has 6 heteroatoms. The summed E-state index contributed by atoms with van der Waals surface area (Å²) in [5.74, 6) is 0.112. The Kier molecular flexibility index (Phi) is 5.51. The normalized spacial score (nSPS) is 12.3. The summed E-state index contributed by atoms with van der Waals surface area (Å²) in [5, 5.41) is 0.624. The minimum absolute atomic E-state index is 0.163. The van der Waals surface area contributed by atoms with Crippen molar-refractivity contribution in [2.75, 3.05) is 7.11 Å². The van der Waals surface area contributed by atoms with Crippen LogP contribution in [0.1, 0.15) is 16.0 Å². The fraction of sp³-hybridized carbons (Fsp3) is 0.143. The lowest BCUT2D eigenvalue weighted by Gasteiger charge is -2.16. The van der Waals surface area contributed by atoms with Crippen LogP contribution in [0.5, 0.6) is 5.75 Å². The van der Waals surface area contributed by atoms with Gasteiger partial charge < -0.3 is 4.74 Å². The topological polar surface area (TPSA) is 9.23 Å². The van der Waals surface area contributed by atoms with Crippen molar-refractivity contribution in [2.45, 2.75) is 4.83 Å². The van der Waals surface area contributed by atoms with Crippen molar-refractivity contribution in [1.29, 1.82) is 0 Å². The quantitative estimate of drug-likeness (QED) is 0.450. The first kappa shape index (κ1) is 16.3. The minimum Gasteiger partial charge on any atom is -0.496 e. The molecule has 0 aromatic heterocycles. The van der Waals surface area contributed by atoms with E-state index in [1.54, 1.807) is 6.07 Å². The van der Waals surface area contributed by atoms with Crippen LogP contribution in [0.15, 0.2) is 39.3 Å². The molecule has 0 radical (unpaired) electrons. The SMILES string of the molecule is COc1cc(F)c(Br)cc1C(Br)c1cc(Cl)cc(Br)c1. The van der Waals surface area contributed by atoms with Gasteiger partial charge in [-0.1, -0.05) is 43.5 Å². The average Bonchev–Trinajstić information content (AvgIpc) is 2.39. The van der Waals surface area contributed by atoms with Gasteiger partial charge in [0.2, 0.25) is 0 Å². The van der Waals surface area contributed by atoms with Crippen LogP contribution in [0.3, 0.4) is 0 Å². The van der Waals surface area contributed by atoms with Crippen LogP contribution in [0.2, 0.25) is 5.02 Å². The van der Waals surface area contributed by atoms with Crippen LogP contribution in [0.4, 0.5) is 4.39 Å². The number of methoxy groups -OCH3 is 1. The zero-order valence-electron chi connectivity index (χ0n) is 10.3. The Bertz CT molecular complexity index is 628. The summed E-state index contributed by atoms with van der Waals surface area (Å²) in [6.07, 6.45) is 0. The molecule has 1 nitrogen and oxygen atoms in total. The van der Waals surface area contributed by atoms with Gasteiger partial charge in [0.05, 0.1) is 16.4 Å². The number of hydrogen-bond acceptors (Lipinski definition) is 1. The maximum absolute atomic E-state index is 13.6. The summed E-state index contributed by atoms with van der Waals surface area (Å²) in [6.45, 7) is 0. The van der Waals surface area contributed by atoms with Gasteiger partial charge in [0, 0.05) is 21.1 Å². The van der Waals surface area contributed by atoms with Gasteiger partial charge >= 0.3 is 0 Å². The molecule has 0 aliphatic heterocycles. The molecule has 1 unspecified atom stereocenters. The van der Waals surface area contributed by atoms with Gasteiger partial charge in [0.25, 0.3) is 0 Å². The molecule has 0 fully saturated rings. The van der Waals surface area contributed by atoms with Crippen LogP contribution < -0.4 is 4.74 Å². The first-order valence-electron chi connectivity index (χ1n) is 5.55. The molecule has 0 saturated heterocycles. The third-order valence-corrected chi connectivity index (χ3v) is 5.03. The molecular formula is C14H9Br3ClFO. The first-order valence-corrected chi connectivity index (χ1v) is 8.43. The highest BCUT2D eigenvalue weighted by Crippen LogP contribution is 2.40. The van der Waals surface area contributed by atoms with Crippen LogP contribution >= 0.6 is 59.4 Å². The summed E-state index contributed by atoms with van der Waals surface area (Å²) in [7, 11) is 1.51. The van der Waals surface area contributed by atoms with Gasteiger partial charge in [0.1, 0.15) is 11.6 Å². The maximum atomic E-state index is 13.6. The smallest absolute Gasteiger partial charge is 0.141 e. The van der Waals surface area contributed by atoms with Crippen molar-refractivity contribution in [3.63, 3.8) is 0 Å². The molecule has 2 aromatic carbocycles. The second kappa shape index (κ2) is 6.77. The number of alkyl halides is 1. The molecule has 0 spiro atoms. The fourth-order valence-corrected chi connectivity index (χ4v) is 3.69. The lowest BCUT2D eigenvalue weighted by molar-refractivity contribution is 0.406. The second-order valence-electron chi connectivity index (χ2n) is 4.07. The first-order chi connectivity index (χ1) is 9.42. The van der Waals surface area contributed by atoms with E-state index in [1.807, 2.05) is 18.2 Å². The van der Waals surface area contributed by atoms with Crippen molar-refractivity contribution in [1.82, 2.24) is 0 Å². The van der Waals surface area contributed by atoms with E-state index in [2.05, 4.69) is 47.8 Å². The van der Waals surface area contributed by atoms with E-state index in [0.29, 0.717) is 15.2 Å². The lowest BCUT2D eigenvalue weighted by Crippen LogP contribution is -1.99. The standard InChI is InChI=1S/C14H9Br3ClFO/c1-20-13-6-12(19)11(16)5-10(13)14(17)7-2-8(15)4-9(18)3-7/h2-6,14H,1H3. The van der Waals surface area contributed by atoms with Crippen LogP contribution in [0, 0.1) is 5.82 Å². The Morgan fingerprint density at radius 1 is 1.15 bits per heavy atom. The maximum Gasteiger partial charge on any atom is 0.141 e. The van der Waals surface area contributed by atoms with Crippen molar-refractivity contribution in [2.24, 2.45) is 0 Å². The van der Waals surface area contributed by atoms with Crippen molar-refractivity contribution in [3.05, 3.63) is 61.2 Å². The lowest BCUT2D eigenvalue weighted by atomic mass is 10.0. The largest absolute Gasteiger partial charge is 0.496 e. The predicted molar refractivity (Wildman–Crippen MR) is 90.6 cm³/mol. The Morgan fingerprint density at radius 3 is 2.45 bits per heavy atom. The van der Waals surface area contributed by atoms with E-state index in [-0.39, 0.29) is 10.6 Å². The molecule has 2 rings (SSSR count). The second-order valence-corrected chi connectivity index (χ2v) is 7.20. The molecule has 0 heterocycles. The molecule has 1 atom stereocenters. The highest BCUT2D eigenvalue weighted by atomic mass is 79.9. The zero-order valence-corrected chi connectivity index (χ0v) is 15.8. The van der Waals surface area contributed by atoms with Gasteiger partial charge in [-0.3, -0.25) is 0 Å². The third kappa shape index (κ3) is 3.56.